The molecule has 2 heterocycles. The van der Waals surface area contributed by atoms with E-state index in [9.17, 15) is 0 Å². The number of hydrogen-bond acceptors (Lipinski definition) is 2. The Labute approximate surface area is 278 Å². The van der Waals surface area contributed by atoms with Crippen LogP contribution in [-0.4, -0.2) is 0 Å². The van der Waals surface area contributed by atoms with Crippen LogP contribution in [0, 0.1) is 13.8 Å². The minimum absolute atomic E-state index is 0.271. The van der Waals surface area contributed by atoms with Crippen LogP contribution >= 0.6 is 0 Å². The Balaban J connectivity index is 1.28. The number of para-hydroxylation sites is 4. The highest BCUT2D eigenvalue weighted by atomic mass is 15.2. The molecule has 0 saturated heterocycles. The molecule has 2 heteroatoms. The summed E-state index contributed by atoms with van der Waals surface area (Å²) in [6, 6.07) is 48.7. The first-order valence-electron chi connectivity index (χ1n) is 16.4. The number of rotatable bonds is 4. The molecule has 0 spiro atoms. The second-order valence-corrected chi connectivity index (χ2v) is 13.2. The normalized spacial score (nSPS) is 13.3. The fourth-order valence-corrected chi connectivity index (χ4v) is 7.49. The highest BCUT2D eigenvalue weighted by Crippen LogP contribution is 2.47. The summed E-state index contributed by atoms with van der Waals surface area (Å²) >= 11 is 0. The lowest BCUT2D eigenvalue weighted by atomic mass is 9.74. The topological polar surface area (TPSA) is 6.48 Å². The highest BCUT2D eigenvalue weighted by Gasteiger charge is 2.30. The van der Waals surface area contributed by atoms with Crippen molar-refractivity contribution >= 4 is 58.4 Å². The van der Waals surface area contributed by atoms with Gasteiger partial charge in [-0.2, -0.15) is 0 Å². The maximum absolute atomic E-state index is 2.42. The molecule has 0 aliphatic carbocycles. The Kier molecular flexibility index (Phi) is 6.95. The van der Waals surface area contributed by atoms with Gasteiger partial charge in [-0.15, -0.1) is 0 Å². The van der Waals surface area contributed by atoms with Crippen LogP contribution in [0.2, 0.25) is 0 Å². The van der Waals surface area contributed by atoms with E-state index in [1.54, 1.807) is 0 Å². The lowest BCUT2D eigenvalue weighted by molar-refractivity contribution is 0.631. The summed E-state index contributed by atoms with van der Waals surface area (Å²) in [5.41, 5.74) is 16.9. The molecule has 0 atom stereocenters. The number of hydrogen-bond donors (Lipinski definition) is 0. The van der Waals surface area contributed by atoms with Crippen molar-refractivity contribution in [2.45, 2.75) is 33.1 Å². The average molecular weight is 607 g/mol. The quantitative estimate of drug-likeness (QED) is 0.197. The van der Waals surface area contributed by atoms with Gasteiger partial charge in [-0.1, -0.05) is 123 Å². The Morgan fingerprint density at radius 1 is 0.383 bits per heavy atom. The van der Waals surface area contributed by atoms with Crippen LogP contribution in [0.15, 0.2) is 133 Å². The molecular weight excluding hydrogens is 569 g/mol. The van der Waals surface area contributed by atoms with Gasteiger partial charge in [0.2, 0.25) is 0 Å². The van der Waals surface area contributed by atoms with Crippen LogP contribution < -0.4 is 9.80 Å². The Morgan fingerprint density at radius 3 is 1.00 bits per heavy atom. The summed E-state index contributed by atoms with van der Waals surface area (Å²) in [4.78, 5) is 4.84. The van der Waals surface area contributed by atoms with Gasteiger partial charge in [-0.25, -0.2) is 0 Å². The summed E-state index contributed by atoms with van der Waals surface area (Å²) in [6.45, 7) is 9.25. The van der Waals surface area contributed by atoms with E-state index in [2.05, 4.69) is 195 Å². The van der Waals surface area contributed by atoms with Crippen LogP contribution in [0.3, 0.4) is 0 Å². The van der Waals surface area contributed by atoms with Gasteiger partial charge in [0.15, 0.2) is 0 Å². The molecule has 2 aliphatic heterocycles. The smallest absolute Gasteiger partial charge is 0.0534 e. The predicted molar refractivity (Wildman–Crippen MR) is 202 cm³/mol. The minimum atomic E-state index is -0.271. The molecule has 47 heavy (non-hydrogen) atoms. The van der Waals surface area contributed by atoms with Crippen LogP contribution in [0.1, 0.15) is 58.4 Å². The molecule has 6 aromatic carbocycles. The molecule has 0 aromatic heterocycles. The van der Waals surface area contributed by atoms with Crippen molar-refractivity contribution in [2.24, 2.45) is 0 Å². The van der Waals surface area contributed by atoms with Crippen LogP contribution in [0.5, 0.6) is 0 Å². The van der Waals surface area contributed by atoms with Gasteiger partial charge < -0.3 is 9.80 Å². The van der Waals surface area contributed by atoms with E-state index in [0.29, 0.717) is 0 Å². The van der Waals surface area contributed by atoms with Gasteiger partial charge in [-0.3, -0.25) is 0 Å². The fraction of sp³-hybridized carbons (Fsp3) is 0.111. The number of benzene rings is 6. The molecule has 8 rings (SSSR count). The minimum Gasteiger partial charge on any atom is -0.309 e. The fourth-order valence-electron chi connectivity index (χ4n) is 7.49. The first kappa shape index (κ1) is 28.8. The zero-order valence-corrected chi connectivity index (χ0v) is 27.4. The van der Waals surface area contributed by atoms with Gasteiger partial charge in [0.05, 0.1) is 22.7 Å². The van der Waals surface area contributed by atoms with Crippen molar-refractivity contribution in [2.75, 3.05) is 9.80 Å². The third kappa shape index (κ3) is 4.89. The highest BCUT2D eigenvalue weighted by molar-refractivity contribution is 5.94. The van der Waals surface area contributed by atoms with Crippen LogP contribution in [0.25, 0.3) is 24.3 Å². The Morgan fingerprint density at radius 2 is 0.681 bits per heavy atom. The van der Waals surface area contributed by atoms with Crippen molar-refractivity contribution in [3.63, 3.8) is 0 Å². The zero-order chi connectivity index (χ0) is 32.1. The van der Waals surface area contributed by atoms with Crippen LogP contribution in [-0.2, 0) is 5.41 Å². The zero-order valence-electron chi connectivity index (χ0n) is 27.4. The van der Waals surface area contributed by atoms with Gasteiger partial charge in [0.25, 0.3) is 0 Å². The third-order valence-electron chi connectivity index (χ3n) is 9.90. The second kappa shape index (κ2) is 11.3. The van der Waals surface area contributed by atoms with Crippen molar-refractivity contribution in [3.8, 4) is 0 Å². The molecule has 0 bridgehead atoms. The molecule has 0 radical (unpaired) electrons. The SMILES string of the molecule is Cc1ccc(N2c3ccccc3C=Cc3ccccc32)cc1C(C)(C)c1cc(N2c3ccccc3C=Cc3ccccc32)ccc1C. The summed E-state index contributed by atoms with van der Waals surface area (Å²) in [5.74, 6) is 0. The first-order valence-corrected chi connectivity index (χ1v) is 16.4. The maximum Gasteiger partial charge on any atom is 0.0534 e. The number of anilines is 6. The molecule has 2 aliphatic rings. The van der Waals surface area contributed by atoms with E-state index >= 15 is 0 Å². The van der Waals surface area contributed by atoms with Crippen molar-refractivity contribution < 1.29 is 0 Å². The average Bonchev–Trinajstić information content (AvgIpc) is 3.37. The number of nitrogens with zero attached hydrogens (tertiary/aromatic N) is 2. The predicted octanol–water partition coefficient (Wildman–Crippen LogP) is 12.5. The molecule has 0 unspecified atom stereocenters. The van der Waals surface area contributed by atoms with E-state index < -0.39 is 0 Å². The Bertz CT molecular complexity index is 1960. The second-order valence-electron chi connectivity index (χ2n) is 13.2. The van der Waals surface area contributed by atoms with Crippen LogP contribution in [0.4, 0.5) is 34.1 Å². The van der Waals surface area contributed by atoms with E-state index in [0.717, 1.165) is 11.4 Å². The van der Waals surface area contributed by atoms with E-state index in [4.69, 9.17) is 0 Å². The summed E-state index contributed by atoms with van der Waals surface area (Å²) < 4.78 is 0. The van der Waals surface area contributed by atoms with E-state index in [1.165, 1.54) is 67.3 Å². The van der Waals surface area contributed by atoms with Crippen molar-refractivity contribution in [1.82, 2.24) is 0 Å². The number of fused-ring (bicyclic) bond motifs is 4. The monoisotopic (exact) mass is 606 g/mol. The molecule has 0 amide bonds. The lowest BCUT2D eigenvalue weighted by Crippen LogP contribution is -2.23. The molecule has 0 N–H and O–H groups in total. The first-order chi connectivity index (χ1) is 22.9. The van der Waals surface area contributed by atoms with Gasteiger partial charge in [-0.05, 0) is 107 Å². The number of aryl methyl sites for hydroxylation is 2. The third-order valence-corrected chi connectivity index (χ3v) is 9.90. The summed E-state index contributed by atoms with van der Waals surface area (Å²) in [7, 11) is 0. The van der Waals surface area contributed by atoms with Gasteiger partial charge >= 0.3 is 0 Å². The van der Waals surface area contributed by atoms with Gasteiger partial charge in [0.1, 0.15) is 0 Å². The summed E-state index contributed by atoms with van der Waals surface area (Å²) in [5, 5.41) is 0. The van der Waals surface area contributed by atoms with Gasteiger partial charge in [0, 0.05) is 16.8 Å². The van der Waals surface area contributed by atoms with E-state index in [1.807, 2.05) is 0 Å². The summed E-state index contributed by atoms with van der Waals surface area (Å²) in [6.07, 6.45) is 8.93. The molecule has 2 nitrogen and oxygen atoms in total. The largest absolute Gasteiger partial charge is 0.309 e. The molecule has 6 aromatic rings. The lowest BCUT2D eigenvalue weighted by Gasteiger charge is -2.34. The molecule has 0 fully saturated rings. The molecule has 0 saturated carbocycles. The molecular formula is C45H38N2. The van der Waals surface area contributed by atoms with E-state index in [-0.39, 0.29) is 5.41 Å². The standard InChI is InChI=1S/C45H38N2/c1-31-21-27-37(46-41-17-9-5-13-33(41)23-24-34-14-6-10-18-42(34)46)29-39(31)45(3,4)40-30-38(28-22-32(40)2)47-43-19-11-7-15-35(43)25-26-36-16-8-12-20-44(36)47/h5-30H,1-4H3. The van der Waals surface area contributed by atoms with Crippen molar-refractivity contribution in [3.05, 3.63) is 178 Å². The maximum atomic E-state index is 2.42. The Hall–Kier alpha value is -5.60. The van der Waals surface area contributed by atoms with Crippen molar-refractivity contribution in [1.29, 1.82) is 0 Å². The molecule has 228 valence electrons.